The topological polar surface area (TPSA) is 86.5 Å². The molecule has 6 nitrogen and oxygen atoms in total. The smallest absolute Gasteiger partial charge is 0.259 e. The van der Waals surface area contributed by atoms with Crippen LogP contribution in [-0.2, 0) is 11.3 Å². The highest BCUT2D eigenvalue weighted by atomic mass is 16.5. The van der Waals surface area contributed by atoms with Gasteiger partial charge in [-0.25, -0.2) is 4.98 Å². The number of ether oxygens (including phenoxy) is 2. The Morgan fingerprint density at radius 2 is 2.11 bits per heavy atom. The Morgan fingerprint density at radius 1 is 1.29 bits per heavy atom. The van der Waals surface area contributed by atoms with Crippen molar-refractivity contribution in [1.82, 2.24) is 4.98 Å². The van der Waals surface area contributed by atoms with E-state index in [0.717, 1.165) is 36.3 Å². The minimum absolute atomic E-state index is 0.183. The molecule has 2 rings (SSSR count). The van der Waals surface area contributed by atoms with Crippen molar-refractivity contribution in [3.63, 3.8) is 0 Å². The molecule has 28 heavy (non-hydrogen) atoms. The molecule has 0 aliphatic heterocycles. The number of carbonyl (C=O) groups is 1. The van der Waals surface area contributed by atoms with Crippen LogP contribution in [0.25, 0.3) is 0 Å². The molecule has 1 amide bonds. The van der Waals surface area contributed by atoms with E-state index in [-0.39, 0.29) is 11.7 Å². The van der Waals surface area contributed by atoms with Crippen LogP contribution in [0.5, 0.6) is 5.75 Å². The third kappa shape index (κ3) is 6.39. The minimum Gasteiger partial charge on any atom is -0.494 e. The Labute approximate surface area is 166 Å². The Balaban J connectivity index is 1.99. The van der Waals surface area contributed by atoms with E-state index in [1.807, 2.05) is 25.1 Å². The summed E-state index contributed by atoms with van der Waals surface area (Å²) in [7, 11) is 1.59. The number of methoxy groups -OCH3 is 1. The number of unbranched alkanes of at least 4 members (excludes halogenated alkanes) is 1. The zero-order chi connectivity index (χ0) is 20.4. The van der Waals surface area contributed by atoms with Crippen molar-refractivity contribution in [3.8, 4) is 5.75 Å². The number of pyridine rings is 1. The lowest BCUT2D eigenvalue weighted by atomic mass is 10.1. The molecular formula is C22H29N3O3. The largest absolute Gasteiger partial charge is 0.494 e. The van der Waals surface area contributed by atoms with Crippen LogP contribution in [0.3, 0.4) is 0 Å². The van der Waals surface area contributed by atoms with Crippen molar-refractivity contribution in [2.45, 2.75) is 39.7 Å². The van der Waals surface area contributed by atoms with Gasteiger partial charge in [0.1, 0.15) is 11.6 Å². The maximum absolute atomic E-state index is 12.6. The van der Waals surface area contributed by atoms with Crippen LogP contribution in [0.4, 0.5) is 11.5 Å². The van der Waals surface area contributed by atoms with E-state index < -0.39 is 0 Å². The van der Waals surface area contributed by atoms with Gasteiger partial charge in [-0.15, -0.1) is 0 Å². The first-order chi connectivity index (χ1) is 13.5. The fourth-order valence-corrected chi connectivity index (χ4v) is 2.67. The minimum atomic E-state index is -0.307. The van der Waals surface area contributed by atoms with E-state index >= 15 is 0 Å². The van der Waals surface area contributed by atoms with Crippen LogP contribution in [0.2, 0.25) is 0 Å². The van der Waals surface area contributed by atoms with Gasteiger partial charge in [0.05, 0.1) is 24.5 Å². The number of aromatic nitrogens is 1. The number of carbonyl (C=O) groups excluding carboxylic acids is 1. The molecule has 0 atom stereocenters. The van der Waals surface area contributed by atoms with Gasteiger partial charge in [-0.3, -0.25) is 4.79 Å². The van der Waals surface area contributed by atoms with Crippen LogP contribution in [-0.4, -0.2) is 24.6 Å². The lowest BCUT2D eigenvalue weighted by molar-refractivity contribution is 0.102. The predicted molar refractivity (Wildman–Crippen MR) is 113 cm³/mol. The van der Waals surface area contributed by atoms with Crippen molar-refractivity contribution in [1.29, 1.82) is 0 Å². The molecule has 2 aromatic rings. The van der Waals surface area contributed by atoms with Gasteiger partial charge in [0.2, 0.25) is 0 Å². The van der Waals surface area contributed by atoms with Crippen LogP contribution in [0.15, 0.2) is 42.5 Å². The molecule has 1 aromatic carbocycles. The molecule has 1 aromatic heterocycles. The van der Waals surface area contributed by atoms with Crippen molar-refractivity contribution in [3.05, 3.63) is 59.3 Å². The Morgan fingerprint density at radius 3 is 2.86 bits per heavy atom. The summed E-state index contributed by atoms with van der Waals surface area (Å²) in [5, 5.41) is 2.86. The molecule has 6 heteroatoms. The molecule has 0 unspecified atom stereocenters. The molecule has 0 radical (unpaired) electrons. The SMILES string of the molecule is CCC=CCCCOc1cccc(NC(=O)c2cc(C)c(COC)nc2N)c1. The van der Waals surface area contributed by atoms with E-state index in [4.69, 9.17) is 15.2 Å². The summed E-state index contributed by atoms with van der Waals surface area (Å²) in [5.74, 6) is 0.594. The second-order valence-corrected chi connectivity index (χ2v) is 6.47. The highest BCUT2D eigenvalue weighted by Crippen LogP contribution is 2.21. The molecule has 150 valence electrons. The molecule has 0 saturated heterocycles. The van der Waals surface area contributed by atoms with Gasteiger partial charge >= 0.3 is 0 Å². The van der Waals surface area contributed by atoms with E-state index in [1.54, 1.807) is 19.2 Å². The van der Waals surface area contributed by atoms with Crippen LogP contribution in [0.1, 0.15) is 47.8 Å². The monoisotopic (exact) mass is 383 g/mol. The zero-order valence-corrected chi connectivity index (χ0v) is 16.8. The van der Waals surface area contributed by atoms with Crippen molar-refractivity contribution >= 4 is 17.4 Å². The number of aryl methyl sites for hydroxylation is 1. The molecule has 0 spiro atoms. The van der Waals surface area contributed by atoms with Gasteiger partial charge in [-0.1, -0.05) is 25.1 Å². The average molecular weight is 383 g/mol. The molecule has 0 bridgehead atoms. The van der Waals surface area contributed by atoms with Crippen LogP contribution in [0, 0.1) is 6.92 Å². The maximum atomic E-state index is 12.6. The molecule has 1 heterocycles. The Hall–Kier alpha value is -2.86. The summed E-state index contributed by atoms with van der Waals surface area (Å²) < 4.78 is 10.9. The predicted octanol–water partition coefficient (Wildman–Crippen LogP) is 4.50. The maximum Gasteiger partial charge on any atom is 0.259 e. The number of benzene rings is 1. The highest BCUT2D eigenvalue weighted by molar-refractivity contribution is 6.07. The Bertz CT molecular complexity index is 819. The second-order valence-electron chi connectivity index (χ2n) is 6.47. The van der Waals surface area contributed by atoms with E-state index in [2.05, 4.69) is 29.4 Å². The second kappa shape index (κ2) is 11.1. The molecule has 0 fully saturated rings. The first-order valence-corrected chi connectivity index (χ1v) is 9.49. The number of nitrogens with two attached hydrogens (primary N) is 1. The third-order valence-corrected chi connectivity index (χ3v) is 4.15. The molecule has 0 aliphatic rings. The fraction of sp³-hybridized carbons (Fsp3) is 0.364. The van der Waals surface area contributed by atoms with Gasteiger partial charge in [0.15, 0.2) is 0 Å². The molecule has 0 saturated carbocycles. The summed E-state index contributed by atoms with van der Waals surface area (Å²) in [6.07, 6.45) is 7.31. The summed E-state index contributed by atoms with van der Waals surface area (Å²) >= 11 is 0. The first-order valence-electron chi connectivity index (χ1n) is 9.49. The lowest BCUT2D eigenvalue weighted by Crippen LogP contribution is -2.16. The standard InChI is InChI=1S/C22H29N3O3/c1-4-5-6-7-8-12-28-18-11-9-10-17(14-18)24-22(26)19-13-16(2)20(15-27-3)25-21(19)23/h5-6,9-11,13-14H,4,7-8,12,15H2,1-3H3,(H2,23,25)(H,24,26). The quantitative estimate of drug-likeness (QED) is 0.466. The van der Waals surface area contributed by atoms with E-state index in [1.165, 1.54) is 0 Å². The lowest BCUT2D eigenvalue weighted by Gasteiger charge is -2.12. The molecule has 3 N–H and O–H groups in total. The summed E-state index contributed by atoms with van der Waals surface area (Å²) in [6, 6.07) is 9.06. The molecular weight excluding hydrogens is 354 g/mol. The number of hydrogen-bond acceptors (Lipinski definition) is 5. The van der Waals surface area contributed by atoms with Crippen molar-refractivity contribution < 1.29 is 14.3 Å². The average Bonchev–Trinajstić information content (AvgIpc) is 2.67. The highest BCUT2D eigenvalue weighted by Gasteiger charge is 2.14. The van der Waals surface area contributed by atoms with Gasteiger partial charge in [-0.2, -0.15) is 0 Å². The number of nitrogen functional groups attached to an aromatic ring is 1. The summed E-state index contributed by atoms with van der Waals surface area (Å²) in [4.78, 5) is 16.9. The number of anilines is 2. The first kappa shape index (κ1) is 21.4. The number of nitrogens with one attached hydrogen (secondary N) is 1. The number of rotatable bonds is 10. The van der Waals surface area contributed by atoms with Gasteiger partial charge in [0, 0.05) is 18.9 Å². The van der Waals surface area contributed by atoms with Gasteiger partial charge in [-0.05, 0) is 49.9 Å². The zero-order valence-electron chi connectivity index (χ0n) is 16.8. The van der Waals surface area contributed by atoms with Crippen LogP contribution >= 0.6 is 0 Å². The van der Waals surface area contributed by atoms with Gasteiger partial charge < -0.3 is 20.5 Å². The number of hydrogen-bond donors (Lipinski definition) is 2. The molecule has 0 aliphatic carbocycles. The number of nitrogens with zero attached hydrogens (tertiary/aromatic N) is 1. The number of amides is 1. The summed E-state index contributed by atoms with van der Waals surface area (Å²) in [6.45, 7) is 4.97. The summed E-state index contributed by atoms with van der Waals surface area (Å²) in [5.41, 5.74) is 8.53. The Kier molecular flexibility index (Phi) is 8.49. The number of allylic oxidation sites excluding steroid dienone is 2. The van der Waals surface area contributed by atoms with E-state index in [0.29, 0.717) is 24.5 Å². The van der Waals surface area contributed by atoms with Crippen molar-refractivity contribution in [2.75, 3.05) is 24.8 Å². The van der Waals surface area contributed by atoms with Crippen LogP contribution < -0.4 is 15.8 Å². The normalized spacial score (nSPS) is 11.0. The van der Waals surface area contributed by atoms with E-state index in [9.17, 15) is 4.79 Å². The van der Waals surface area contributed by atoms with Crippen molar-refractivity contribution in [2.24, 2.45) is 0 Å². The fourth-order valence-electron chi connectivity index (χ4n) is 2.67. The third-order valence-electron chi connectivity index (χ3n) is 4.15. The van der Waals surface area contributed by atoms with Gasteiger partial charge in [0.25, 0.3) is 5.91 Å².